The highest BCUT2D eigenvalue weighted by molar-refractivity contribution is 5.77. The second-order valence-electron chi connectivity index (χ2n) is 20.5. The first-order chi connectivity index (χ1) is 26.5. The third kappa shape index (κ3) is 6.40. The van der Waals surface area contributed by atoms with Crippen LogP contribution in [0.5, 0.6) is 0 Å². The van der Waals surface area contributed by atoms with E-state index in [2.05, 4.69) is 47.6 Å². The largest absolute Gasteiger partial charge is 0.481 e. The normalized spacial score (nSPS) is 53.3. The number of aliphatic carboxylic acids is 1. The zero-order valence-corrected chi connectivity index (χ0v) is 34.9. The van der Waals surface area contributed by atoms with Crippen molar-refractivity contribution in [3.05, 3.63) is 11.6 Å². The molecule has 7 N–H and O–H groups in total. The van der Waals surface area contributed by atoms with Gasteiger partial charge in [-0.2, -0.15) is 0 Å². The smallest absolute Gasteiger partial charge is 0.310 e. The maximum absolute atomic E-state index is 13.1. The van der Waals surface area contributed by atoms with Crippen molar-refractivity contribution in [2.24, 2.45) is 50.7 Å². The third-order valence-corrected chi connectivity index (χ3v) is 17.6. The summed E-state index contributed by atoms with van der Waals surface area (Å²) in [6.45, 7) is 15.9. The van der Waals surface area contributed by atoms with Crippen molar-refractivity contribution >= 4 is 11.9 Å². The first kappa shape index (κ1) is 43.4. The molecule has 0 radical (unpaired) electrons. The number of esters is 1. The molecule has 57 heavy (non-hydrogen) atoms. The predicted molar refractivity (Wildman–Crippen MR) is 203 cm³/mol. The van der Waals surface area contributed by atoms with Crippen molar-refractivity contribution in [2.75, 3.05) is 13.2 Å². The number of rotatable bonds is 7. The van der Waals surface area contributed by atoms with Crippen molar-refractivity contribution in [3.63, 3.8) is 0 Å². The number of carbonyl (C=O) groups excluding carboxylic acids is 1. The lowest BCUT2D eigenvalue weighted by molar-refractivity contribution is -0.357. The summed E-state index contributed by atoms with van der Waals surface area (Å²) in [6, 6.07) is 0. The van der Waals surface area contributed by atoms with Gasteiger partial charge in [0.2, 0.25) is 0 Å². The molecule has 6 fully saturated rings. The molecule has 14 heteroatoms. The summed E-state index contributed by atoms with van der Waals surface area (Å²) in [5.41, 5.74) is -1.85. The van der Waals surface area contributed by atoms with E-state index < -0.39 is 90.8 Å². The number of ether oxygens (including phenoxy) is 5. The van der Waals surface area contributed by atoms with E-state index in [1.54, 1.807) is 0 Å². The molecule has 14 nitrogen and oxygen atoms in total. The van der Waals surface area contributed by atoms with Crippen LogP contribution in [0.2, 0.25) is 0 Å². The molecule has 5 aliphatic carbocycles. The predicted octanol–water partition coefficient (Wildman–Crippen LogP) is 3.06. The van der Waals surface area contributed by atoms with E-state index in [-0.39, 0.29) is 46.2 Å². The number of aliphatic hydroxyl groups excluding tert-OH is 5. The van der Waals surface area contributed by atoms with Gasteiger partial charge in [-0.05, 0) is 104 Å². The highest BCUT2D eigenvalue weighted by Crippen LogP contribution is 2.76. The average Bonchev–Trinajstić information content (AvgIpc) is 3.13. The highest BCUT2D eigenvalue weighted by Gasteiger charge is 2.71. The van der Waals surface area contributed by atoms with Gasteiger partial charge in [0, 0.05) is 12.8 Å². The minimum Gasteiger partial charge on any atom is -0.481 e. The lowest BCUT2D eigenvalue weighted by atomic mass is 9.33. The monoisotopic (exact) mass is 808 g/mol. The summed E-state index contributed by atoms with van der Waals surface area (Å²) >= 11 is 0. The fourth-order valence-electron chi connectivity index (χ4n) is 13.9. The number of hydrogen-bond acceptors (Lipinski definition) is 13. The Hall–Kier alpha value is -1.72. The zero-order chi connectivity index (χ0) is 41.8. The minimum atomic E-state index is -1.73. The first-order valence-electron chi connectivity index (χ1n) is 21.3. The Morgan fingerprint density at radius 3 is 2.19 bits per heavy atom. The van der Waals surface area contributed by atoms with E-state index in [0.717, 1.165) is 37.7 Å². The van der Waals surface area contributed by atoms with Gasteiger partial charge in [-0.25, -0.2) is 0 Å². The van der Waals surface area contributed by atoms with Gasteiger partial charge >= 0.3 is 11.9 Å². The first-order valence-corrected chi connectivity index (χ1v) is 21.3. The van der Waals surface area contributed by atoms with E-state index in [0.29, 0.717) is 31.6 Å². The van der Waals surface area contributed by atoms with Crippen LogP contribution < -0.4 is 0 Å². The second-order valence-corrected chi connectivity index (χ2v) is 20.5. The molecule has 7 aliphatic rings. The molecule has 0 aromatic carbocycles. The van der Waals surface area contributed by atoms with Crippen LogP contribution in [0.4, 0.5) is 0 Å². The summed E-state index contributed by atoms with van der Waals surface area (Å²) < 4.78 is 30.1. The zero-order valence-electron chi connectivity index (χ0n) is 34.9. The topological polar surface area (TPSA) is 222 Å². The van der Waals surface area contributed by atoms with Gasteiger partial charge in [-0.3, -0.25) is 9.59 Å². The van der Waals surface area contributed by atoms with Crippen LogP contribution >= 0.6 is 0 Å². The molecule has 0 aromatic heterocycles. The van der Waals surface area contributed by atoms with E-state index >= 15 is 0 Å². The SMILES string of the molecule is CC(=O)O[C@H]1[C@@H](O[C@H]2CC[C@@]3(C)C(CC[C@]4(C)[C@@H]3CC=C3C5[C@](C(=O)O)(CC[C@@H](C)[C@@]5(C)O)CC[C@]34C)C2(C)C)OC[C@H](O)[C@@H]1O[C@@H]1O[C@H](CO)[C@@H](O)[C@H](O)[C@H]1O. The number of fused-ring (bicyclic) bond motifs is 7. The Morgan fingerprint density at radius 1 is 0.842 bits per heavy atom. The van der Waals surface area contributed by atoms with Crippen LogP contribution in [-0.2, 0) is 33.3 Å². The molecular weight excluding hydrogens is 740 g/mol. The van der Waals surface area contributed by atoms with Crippen molar-refractivity contribution in [1.29, 1.82) is 0 Å². The maximum Gasteiger partial charge on any atom is 0.310 e. The quantitative estimate of drug-likeness (QED) is 0.112. The van der Waals surface area contributed by atoms with Crippen molar-refractivity contribution in [2.45, 2.75) is 180 Å². The Morgan fingerprint density at radius 2 is 1.54 bits per heavy atom. The van der Waals surface area contributed by atoms with E-state index in [1.165, 1.54) is 6.92 Å². The molecule has 2 unspecified atom stereocenters. The minimum absolute atomic E-state index is 0.0143. The van der Waals surface area contributed by atoms with Crippen LogP contribution in [0.3, 0.4) is 0 Å². The Kier molecular flexibility index (Phi) is 11.2. The fraction of sp³-hybridized carbons (Fsp3) is 0.907. The molecule has 7 rings (SSSR count). The fourth-order valence-corrected chi connectivity index (χ4v) is 13.9. The van der Waals surface area contributed by atoms with Crippen LogP contribution in [0.25, 0.3) is 0 Å². The van der Waals surface area contributed by atoms with Crippen molar-refractivity contribution in [3.8, 4) is 0 Å². The summed E-state index contributed by atoms with van der Waals surface area (Å²) in [6.07, 6.45) is -4.20. The number of allylic oxidation sites excluding steroid dienone is 1. The molecule has 0 amide bonds. The molecule has 2 aliphatic heterocycles. The van der Waals surface area contributed by atoms with Gasteiger partial charge in [0.1, 0.15) is 36.6 Å². The van der Waals surface area contributed by atoms with E-state index in [4.69, 9.17) is 23.7 Å². The van der Waals surface area contributed by atoms with Crippen LogP contribution in [-0.4, -0.2) is 128 Å². The molecule has 0 aromatic rings. The second kappa shape index (κ2) is 14.7. The summed E-state index contributed by atoms with van der Waals surface area (Å²) in [4.78, 5) is 25.6. The van der Waals surface area contributed by atoms with Crippen LogP contribution in [0.1, 0.15) is 113 Å². The van der Waals surface area contributed by atoms with Crippen molar-refractivity contribution < 1.29 is 69.0 Å². The molecule has 324 valence electrons. The molecule has 0 bridgehead atoms. The van der Waals surface area contributed by atoms with Crippen LogP contribution in [0.15, 0.2) is 11.6 Å². The Balaban J connectivity index is 1.14. The number of carboxylic acids is 1. The molecular formula is C43H68O14. The van der Waals surface area contributed by atoms with Gasteiger partial charge in [0.05, 0.1) is 30.3 Å². The molecule has 2 heterocycles. The maximum atomic E-state index is 13.1. The van der Waals surface area contributed by atoms with Crippen LogP contribution in [0, 0.1) is 50.7 Å². The molecule has 0 spiro atoms. The Bertz CT molecular complexity index is 1580. The summed E-state index contributed by atoms with van der Waals surface area (Å²) in [5.74, 6) is -1.40. The van der Waals surface area contributed by atoms with Crippen molar-refractivity contribution in [1.82, 2.24) is 0 Å². The molecule has 2 saturated heterocycles. The number of hydrogen-bond donors (Lipinski definition) is 7. The lowest BCUT2D eigenvalue weighted by Gasteiger charge is -2.72. The van der Waals surface area contributed by atoms with E-state index in [9.17, 15) is 45.3 Å². The van der Waals surface area contributed by atoms with Gasteiger partial charge in [0.25, 0.3) is 0 Å². The molecule has 19 atom stereocenters. The van der Waals surface area contributed by atoms with Gasteiger partial charge in [-0.1, -0.05) is 53.2 Å². The average molecular weight is 809 g/mol. The van der Waals surface area contributed by atoms with Gasteiger partial charge < -0.3 is 59.4 Å². The highest BCUT2D eigenvalue weighted by atomic mass is 16.7. The standard InChI is InChI=1S/C43H68O14/c1-21-11-16-43(37(50)51)18-17-40(6)23(34(43)42(21,8)52)9-10-27-39(5)14-13-28(38(3,4)26(39)12-15-41(27,40)7)56-36-33(54-22(2)45)32(24(46)20-53-36)57-35-31(49)30(48)29(47)25(19-44)55-35/h9,21,24-36,44,46-49,52H,10-20H2,1-8H3,(H,50,51)/t21-,24+,25-,26?,27-,28+,29-,30+,31-,32+,33-,34?,35+,36-,39+,40-,41-,42-,43+/m1/s1. The van der Waals surface area contributed by atoms with Gasteiger partial charge in [-0.15, -0.1) is 0 Å². The molecule has 4 saturated carbocycles. The third-order valence-electron chi connectivity index (χ3n) is 17.6. The Labute approximate surface area is 336 Å². The number of carbonyl (C=O) groups is 2. The van der Waals surface area contributed by atoms with Gasteiger partial charge in [0.15, 0.2) is 18.7 Å². The lowest BCUT2D eigenvalue weighted by Crippen LogP contribution is -2.68. The number of carboxylic acid groups (broad SMARTS) is 1. The summed E-state index contributed by atoms with van der Waals surface area (Å²) in [5, 5.41) is 75.1. The summed E-state index contributed by atoms with van der Waals surface area (Å²) in [7, 11) is 0. The number of aliphatic hydroxyl groups is 6. The van der Waals surface area contributed by atoms with E-state index in [1.807, 2.05) is 6.92 Å².